The number of carbonyl (C=O) groups excluding carboxylic acids is 1. The lowest BCUT2D eigenvalue weighted by molar-refractivity contribution is 0.0987. The molecule has 1 aromatic heterocycles. The van der Waals surface area contributed by atoms with Crippen molar-refractivity contribution >= 4 is 17.9 Å². The van der Waals surface area contributed by atoms with Crippen LogP contribution in [0.25, 0.3) is 6.08 Å². The molecule has 4 rings (SSSR count). The van der Waals surface area contributed by atoms with E-state index in [1.54, 1.807) is 0 Å². The molecule has 1 atom stereocenters. The highest BCUT2D eigenvalue weighted by Gasteiger charge is 2.28. The summed E-state index contributed by atoms with van der Waals surface area (Å²) in [5.74, 6) is 2.05. The fourth-order valence-corrected chi connectivity index (χ4v) is 4.70. The van der Waals surface area contributed by atoms with Crippen LogP contribution in [0, 0.1) is 11.3 Å². The second kappa shape index (κ2) is 10.5. The molecule has 0 spiro atoms. The van der Waals surface area contributed by atoms with E-state index >= 15 is 0 Å². The van der Waals surface area contributed by atoms with Crippen LogP contribution in [0.4, 0.5) is 10.6 Å². The van der Waals surface area contributed by atoms with Crippen molar-refractivity contribution < 1.29 is 14.3 Å². The van der Waals surface area contributed by atoms with E-state index in [1.165, 1.54) is 37.9 Å². The number of nitrogens with zero attached hydrogens (tertiary/aromatic N) is 3. The summed E-state index contributed by atoms with van der Waals surface area (Å²) in [4.78, 5) is 22.8. The van der Waals surface area contributed by atoms with E-state index in [9.17, 15) is 4.79 Å². The van der Waals surface area contributed by atoms with Crippen LogP contribution in [0.15, 0.2) is 42.2 Å². The van der Waals surface area contributed by atoms with Gasteiger partial charge >= 0.3 is 6.03 Å². The Kier molecular flexibility index (Phi) is 7.39. The Balaban J connectivity index is 1.33. The fourth-order valence-electron chi connectivity index (χ4n) is 4.70. The number of anilines is 1. The normalized spacial score (nSPS) is 21.8. The Hall–Kier alpha value is -3.09. The number of urea groups is 1. The summed E-state index contributed by atoms with van der Waals surface area (Å²) in [6.07, 6.45) is 11.1. The van der Waals surface area contributed by atoms with Gasteiger partial charge in [-0.2, -0.15) is 0 Å². The third kappa shape index (κ3) is 6.27. The zero-order valence-electron chi connectivity index (χ0n) is 20.7. The standard InChI is InChI=1S/C27H36N4O3/c1-19-18-31(26(32)30-24-16-29-25(33-4)17-28-24)13-10-21(19)14-20-6-5-7-23(15-20)34-22-8-11-27(2,3)12-9-22/h5-7,14-17,19,22H,8-13,18H2,1-4H3,(H,28,30,32)/b21-14+. The van der Waals surface area contributed by atoms with E-state index in [4.69, 9.17) is 9.47 Å². The lowest BCUT2D eigenvalue weighted by atomic mass is 9.76. The second-order valence-corrected chi connectivity index (χ2v) is 10.2. The maximum atomic E-state index is 12.7. The summed E-state index contributed by atoms with van der Waals surface area (Å²) in [6, 6.07) is 8.23. The minimum absolute atomic E-state index is 0.156. The molecule has 1 saturated heterocycles. The van der Waals surface area contributed by atoms with Crippen molar-refractivity contribution in [3.05, 3.63) is 47.8 Å². The third-order valence-electron chi connectivity index (χ3n) is 6.96. The van der Waals surface area contributed by atoms with Gasteiger partial charge in [-0.15, -0.1) is 0 Å². The summed E-state index contributed by atoms with van der Waals surface area (Å²) in [5.41, 5.74) is 2.95. The van der Waals surface area contributed by atoms with Crippen molar-refractivity contribution in [3.63, 3.8) is 0 Å². The number of nitrogens with one attached hydrogen (secondary N) is 1. The predicted octanol–water partition coefficient (Wildman–Crippen LogP) is 5.79. The number of benzene rings is 1. The van der Waals surface area contributed by atoms with Crippen LogP contribution in [0.1, 0.15) is 58.4 Å². The predicted molar refractivity (Wildman–Crippen MR) is 134 cm³/mol. The Morgan fingerprint density at radius 1 is 1.21 bits per heavy atom. The molecule has 1 saturated carbocycles. The van der Waals surface area contributed by atoms with Crippen LogP contribution in [0.2, 0.25) is 0 Å². The lowest BCUT2D eigenvalue weighted by Crippen LogP contribution is -2.42. The molecule has 1 aliphatic heterocycles. The maximum Gasteiger partial charge on any atom is 0.323 e. The Morgan fingerprint density at radius 2 is 2.00 bits per heavy atom. The number of aromatic nitrogens is 2. The molecule has 2 aromatic rings. The van der Waals surface area contributed by atoms with E-state index in [2.05, 4.69) is 66.4 Å². The quantitative estimate of drug-likeness (QED) is 0.606. The molecule has 182 valence electrons. The minimum Gasteiger partial charge on any atom is -0.490 e. The first kappa shape index (κ1) is 24.0. The molecule has 2 fully saturated rings. The zero-order chi connectivity index (χ0) is 24.1. The first-order valence-electron chi connectivity index (χ1n) is 12.2. The fraction of sp³-hybridized carbons (Fsp3) is 0.519. The highest BCUT2D eigenvalue weighted by atomic mass is 16.5. The van der Waals surface area contributed by atoms with Gasteiger partial charge in [0.2, 0.25) is 5.88 Å². The maximum absolute atomic E-state index is 12.7. The Morgan fingerprint density at radius 3 is 2.68 bits per heavy atom. The molecule has 2 amide bonds. The van der Waals surface area contributed by atoms with Gasteiger partial charge in [0.25, 0.3) is 0 Å². The van der Waals surface area contributed by atoms with E-state index in [0.29, 0.717) is 36.3 Å². The van der Waals surface area contributed by atoms with Gasteiger partial charge in [0.15, 0.2) is 5.82 Å². The summed E-state index contributed by atoms with van der Waals surface area (Å²) >= 11 is 0. The number of hydrogen-bond acceptors (Lipinski definition) is 5. The highest BCUT2D eigenvalue weighted by Crippen LogP contribution is 2.36. The average Bonchev–Trinajstić information content (AvgIpc) is 2.82. The molecule has 0 radical (unpaired) electrons. The van der Waals surface area contributed by atoms with Crippen LogP contribution in [0.3, 0.4) is 0 Å². The lowest BCUT2D eigenvalue weighted by Gasteiger charge is -2.34. The minimum atomic E-state index is -0.156. The molecular weight excluding hydrogens is 428 g/mol. The highest BCUT2D eigenvalue weighted by molar-refractivity contribution is 5.88. The third-order valence-corrected chi connectivity index (χ3v) is 6.96. The van der Waals surface area contributed by atoms with E-state index in [0.717, 1.165) is 30.6 Å². The van der Waals surface area contributed by atoms with Gasteiger partial charge in [0, 0.05) is 13.1 Å². The van der Waals surface area contributed by atoms with Gasteiger partial charge in [0.1, 0.15) is 5.75 Å². The number of hydrogen-bond donors (Lipinski definition) is 1. The summed E-state index contributed by atoms with van der Waals surface area (Å²) in [5, 5.41) is 2.82. The van der Waals surface area contributed by atoms with Crippen LogP contribution in [0.5, 0.6) is 11.6 Å². The van der Waals surface area contributed by atoms with Gasteiger partial charge in [-0.05, 0) is 61.1 Å². The molecular formula is C27H36N4O3. The number of methoxy groups -OCH3 is 1. The van der Waals surface area contributed by atoms with E-state index < -0.39 is 0 Å². The van der Waals surface area contributed by atoms with Gasteiger partial charge in [0.05, 0.1) is 25.6 Å². The molecule has 1 unspecified atom stereocenters. The van der Waals surface area contributed by atoms with Gasteiger partial charge in [-0.3, -0.25) is 5.32 Å². The SMILES string of the molecule is COc1cnc(NC(=O)N2CC/C(=C\c3cccc(OC4CCC(C)(C)CC4)c3)C(C)C2)cn1. The Bertz CT molecular complexity index is 1010. The topological polar surface area (TPSA) is 76.6 Å². The van der Waals surface area contributed by atoms with Gasteiger partial charge in [-0.25, -0.2) is 14.8 Å². The van der Waals surface area contributed by atoms with Gasteiger partial charge < -0.3 is 14.4 Å². The second-order valence-electron chi connectivity index (χ2n) is 10.2. The van der Waals surface area contributed by atoms with Crippen molar-refractivity contribution in [2.45, 2.75) is 59.0 Å². The number of likely N-dealkylation sites (tertiary alicyclic amines) is 1. The van der Waals surface area contributed by atoms with E-state index in [-0.39, 0.29) is 11.9 Å². The molecule has 2 heterocycles. The van der Waals surface area contributed by atoms with Crippen molar-refractivity contribution in [2.24, 2.45) is 11.3 Å². The monoisotopic (exact) mass is 464 g/mol. The average molecular weight is 465 g/mol. The van der Waals surface area contributed by atoms with Crippen molar-refractivity contribution in [3.8, 4) is 11.6 Å². The van der Waals surface area contributed by atoms with Crippen molar-refractivity contribution in [2.75, 3.05) is 25.5 Å². The zero-order valence-corrected chi connectivity index (χ0v) is 20.7. The smallest absolute Gasteiger partial charge is 0.323 e. The van der Waals surface area contributed by atoms with Crippen LogP contribution < -0.4 is 14.8 Å². The molecule has 1 N–H and O–H groups in total. The van der Waals surface area contributed by atoms with Crippen LogP contribution in [-0.4, -0.2) is 47.2 Å². The van der Waals surface area contributed by atoms with Gasteiger partial charge in [-0.1, -0.05) is 44.6 Å². The molecule has 2 aliphatic rings. The van der Waals surface area contributed by atoms with E-state index in [1.807, 2.05) is 4.90 Å². The van der Waals surface area contributed by atoms with Crippen LogP contribution in [-0.2, 0) is 0 Å². The van der Waals surface area contributed by atoms with Crippen molar-refractivity contribution in [1.29, 1.82) is 0 Å². The summed E-state index contributed by atoms with van der Waals surface area (Å²) < 4.78 is 11.3. The molecule has 1 aliphatic carbocycles. The Labute approximate surface area is 202 Å². The van der Waals surface area contributed by atoms with Crippen LogP contribution >= 0.6 is 0 Å². The summed E-state index contributed by atoms with van der Waals surface area (Å²) in [7, 11) is 1.53. The molecule has 0 bridgehead atoms. The molecule has 7 nitrogen and oxygen atoms in total. The van der Waals surface area contributed by atoms with Crippen molar-refractivity contribution in [1.82, 2.24) is 14.9 Å². The largest absolute Gasteiger partial charge is 0.490 e. The molecule has 34 heavy (non-hydrogen) atoms. The first-order valence-corrected chi connectivity index (χ1v) is 12.2. The number of piperidine rings is 1. The molecule has 1 aromatic carbocycles. The molecule has 7 heteroatoms. The number of carbonyl (C=O) groups is 1. The number of ether oxygens (including phenoxy) is 2. The first-order chi connectivity index (χ1) is 16.3. The number of rotatable bonds is 5. The summed E-state index contributed by atoms with van der Waals surface area (Å²) in [6.45, 7) is 8.19. The number of amides is 2.